The van der Waals surface area contributed by atoms with Crippen LogP contribution in [-0.2, 0) is 6.54 Å². The number of hydrogen-bond acceptors (Lipinski definition) is 3. The van der Waals surface area contributed by atoms with Gasteiger partial charge in [-0.05, 0) is 30.7 Å². The van der Waals surface area contributed by atoms with E-state index in [1.165, 1.54) is 5.56 Å². The summed E-state index contributed by atoms with van der Waals surface area (Å²) in [6, 6.07) is 6.09. The number of benzene rings is 1. The first-order chi connectivity index (χ1) is 7.79. The summed E-state index contributed by atoms with van der Waals surface area (Å²) in [5.41, 5.74) is 2.98. The van der Waals surface area contributed by atoms with Crippen molar-refractivity contribution in [1.29, 1.82) is 0 Å². The average Bonchev–Trinajstić information content (AvgIpc) is 2.64. The summed E-state index contributed by atoms with van der Waals surface area (Å²) in [6.45, 7) is 3.64. The highest BCUT2D eigenvalue weighted by atomic mass is 35.5. The van der Waals surface area contributed by atoms with Crippen LogP contribution in [0.25, 0.3) is 11.1 Å². The van der Waals surface area contributed by atoms with Crippen molar-refractivity contribution in [2.24, 2.45) is 0 Å². The molecule has 2 aromatic rings. The number of rotatable bonds is 5. The topological polar surface area (TPSA) is 38.1 Å². The van der Waals surface area contributed by atoms with Crippen molar-refractivity contribution in [2.45, 2.75) is 19.9 Å². The summed E-state index contributed by atoms with van der Waals surface area (Å²) in [6.07, 6.45) is 0.991. The first kappa shape index (κ1) is 11.4. The van der Waals surface area contributed by atoms with Crippen LogP contribution in [0.4, 0.5) is 0 Å². The number of oxazole rings is 1. The normalized spacial score (nSPS) is 11.1. The van der Waals surface area contributed by atoms with Crippen LogP contribution < -0.4 is 5.32 Å². The maximum absolute atomic E-state index is 5.60. The lowest BCUT2D eigenvalue weighted by molar-refractivity contribution is 0.560. The van der Waals surface area contributed by atoms with E-state index in [0.29, 0.717) is 11.8 Å². The Kier molecular flexibility index (Phi) is 3.80. The van der Waals surface area contributed by atoms with Gasteiger partial charge in [-0.1, -0.05) is 6.07 Å². The molecule has 0 aliphatic heterocycles. The maximum atomic E-state index is 5.60. The second-order valence-electron chi connectivity index (χ2n) is 3.75. The molecule has 0 bridgehead atoms. The number of nitrogens with zero attached hydrogens (tertiary/aromatic N) is 1. The molecule has 0 aliphatic rings. The standard InChI is InChI=1S/C12H15ClN2O/c1-9-15-11-4-3-10(7-12(11)16-9)8-14-6-2-5-13/h3-4,7,14H,2,5-6,8H2,1H3. The van der Waals surface area contributed by atoms with Crippen LogP contribution in [0.5, 0.6) is 0 Å². The summed E-state index contributed by atoms with van der Waals surface area (Å²) in [5, 5.41) is 3.33. The molecular formula is C12H15ClN2O. The zero-order valence-electron chi connectivity index (χ0n) is 9.29. The lowest BCUT2D eigenvalue weighted by Gasteiger charge is -2.02. The highest BCUT2D eigenvalue weighted by molar-refractivity contribution is 6.17. The minimum Gasteiger partial charge on any atom is -0.441 e. The van der Waals surface area contributed by atoms with Gasteiger partial charge in [0.25, 0.3) is 0 Å². The number of halogens is 1. The van der Waals surface area contributed by atoms with Gasteiger partial charge in [0.05, 0.1) is 0 Å². The van der Waals surface area contributed by atoms with E-state index in [4.69, 9.17) is 16.0 Å². The van der Waals surface area contributed by atoms with Crippen molar-refractivity contribution in [3.05, 3.63) is 29.7 Å². The highest BCUT2D eigenvalue weighted by Gasteiger charge is 2.02. The third kappa shape index (κ3) is 2.74. The van der Waals surface area contributed by atoms with E-state index >= 15 is 0 Å². The molecule has 16 heavy (non-hydrogen) atoms. The molecule has 0 atom stereocenters. The van der Waals surface area contributed by atoms with Crippen LogP contribution in [-0.4, -0.2) is 17.4 Å². The van der Waals surface area contributed by atoms with E-state index in [-0.39, 0.29) is 0 Å². The van der Waals surface area contributed by atoms with E-state index in [9.17, 15) is 0 Å². The number of nitrogens with one attached hydrogen (secondary N) is 1. The van der Waals surface area contributed by atoms with Gasteiger partial charge in [0.1, 0.15) is 5.52 Å². The second kappa shape index (κ2) is 5.32. The fourth-order valence-corrected chi connectivity index (χ4v) is 1.75. The second-order valence-corrected chi connectivity index (χ2v) is 4.13. The Morgan fingerprint density at radius 2 is 2.31 bits per heavy atom. The van der Waals surface area contributed by atoms with Gasteiger partial charge >= 0.3 is 0 Å². The Morgan fingerprint density at radius 3 is 3.12 bits per heavy atom. The molecule has 0 aliphatic carbocycles. The van der Waals surface area contributed by atoms with E-state index in [1.807, 2.05) is 19.1 Å². The Bertz CT molecular complexity index is 467. The van der Waals surface area contributed by atoms with Crippen LogP contribution >= 0.6 is 11.6 Å². The molecule has 86 valence electrons. The van der Waals surface area contributed by atoms with Crippen LogP contribution in [0.15, 0.2) is 22.6 Å². The van der Waals surface area contributed by atoms with Gasteiger partial charge < -0.3 is 9.73 Å². The number of aryl methyl sites for hydroxylation is 1. The van der Waals surface area contributed by atoms with Crippen molar-refractivity contribution in [1.82, 2.24) is 10.3 Å². The van der Waals surface area contributed by atoms with Gasteiger partial charge in [-0.25, -0.2) is 4.98 Å². The van der Waals surface area contributed by atoms with Gasteiger partial charge in [-0.15, -0.1) is 11.6 Å². The largest absolute Gasteiger partial charge is 0.441 e. The van der Waals surface area contributed by atoms with Gasteiger partial charge in [-0.3, -0.25) is 0 Å². The average molecular weight is 239 g/mol. The first-order valence-electron chi connectivity index (χ1n) is 5.42. The molecule has 0 saturated carbocycles. The fourth-order valence-electron chi connectivity index (χ4n) is 1.62. The molecule has 1 aromatic carbocycles. The Morgan fingerprint density at radius 1 is 1.44 bits per heavy atom. The molecule has 1 heterocycles. The Hall–Kier alpha value is -1.06. The van der Waals surface area contributed by atoms with Crippen molar-refractivity contribution < 1.29 is 4.42 Å². The number of alkyl halides is 1. The zero-order chi connectivity index (χ0) is 11.4. The SMILES string of the molecule is Cc1nc2ccc(CNCCCCl)cc2o1. The van der Waals surface area contributed by atoms with Crippen LogP contribution in [0, 0.1) is 6.92 Å². The molecule has 0 unspecified atom stereocenters. The van der Waals surface area contributed by atoms with Crippen molar-refractivity contribution in [2.75, 3.05) is 12.4 Å². The number of hydrogen-bond donors (Lipinski definition) is 1. The minimum absolute atomic E-state index is 0.702. The van der Waals surface area contributed by atoms with Gasteiger partial charge in [0, 0.05) is 19.3 Å². The summed E-state index contributed by atoms with van der Waals surface area (Å²) in [4.78, 5) is 4.26. The van der Waals surface area contributed by atoms with Crippen molar-refractivity contribution in [3.8, 4) is 0 Å². The molecule has 1 N–H and O–H groups in total. The third-order valence-corrected chi connectivity index (χ3v) is 2.64. The monoisotopic (exact) mass is 238 g/mol. The fraction of sp³-hybridized carbons (Fsp3) is 0.417. The predicted molar refractivity (Wildman–Crippen MR) is 65.8 cm³/mol. The zero-order valence-corrected chi connectivity index (χ0v) is 10.0. The van der Waals surface area contributed by atoms with Crippen LogP contribution in [0.1, 0.15) is 17.9 Å². The lowest BCUT2D eigenvalue weighted by Crippen LogP contribution is -2.14. The maximum Gasteiger partial charge on any atom is 0.192 e. The molecule has 3 nitrogen and oxygen atoms in total. The van der Waals surface area contributed by atoms with Crippen LogP contribution in [0.3, 0.4) is 0 Å². The first-order valence-corrected chi connectivity index (χ1v) is 5.96. The summed E-state index contributed by atoms with van der Waals surface area (Å²) < 4.78 is 5.48. The molecule has 1 aromatic heterocycles. The molecule has 0 spiro atoms. The molecule has 0 amide bonds. The van der Waals surface area contributed by atoms with Gasteiger partial charge in [0.15, 0.2) is 11.5 Å². The van der Waals surface area contributed by atoms with Gasteiger partial charge in [-0.2, -0.15) is 0 Å². The summed E-state index contributed by atoms with van der Waals surface area (Å²) >= 11 is 5.60. The summed E-state index contributed by atoms with van der Waals surface area (Å²) in [7, 11) is 0. The Balaban J connectivity index is 2.02. The van der Waals surface area contributed by atoms with Crippen molar-refractivity contribution >= 4 is 22.7 Å². The predicted octanol–water partition coefficient (Wildman–Crippen LogP) is 2.85. The summed E-state index contributed by atoms with van der Waals surface area (Å²) in [5.74, 6) is 1.41. The molecular weight excluding hydrogens is 224 g/mol. The molecule has 0 fully saturated rings. The van der Waals surface area contributed by atoms with E-state index in [1.54, 1.807) is 0 Å². The smallest absolute Gasteiger partial charge is 0.192 e. The Labute approximate surface area is 99.8 Å². The molecule has 0 radical (unpaired) electrons. The van der Waals surface area contributed by atoms with Gasteiger partial charge in [0.2, 0.25) is 0 Å². The molecule has 2 rings (SSSR count). The third-order valence-electron chi connectivity index (χ3n) is 2.38. The quantitative estimate of drug-likeness (QED) is 0.643. The molecule has 0 saturated heterocycles. The number of fused-ring (bicyclic) bond motifs is 1. The highest BCUT2D eigenvalue weighted by Crippen LogP contribution is 2.16. The van der Waals surface area contributed by atoms with E-state index in [0.717, 1.165) is 30.6 Å². The number of aromatic nitrogens is 1. The lowest BCUT2D eigenvalue weighted by atomic mass is 10.2. The minimum atomic E-state index is 0.702. The van der Waals surface area contributed by atoms with Crippen molar-refractivity contribution in [3.63, 3.8) is 0 Å². The molecule has 4 heteroatoms. The van der Waals surface area contributed by atoms with E-state index in [2.05, 4.69) is 16.4 Å². The van der Waals surface area contributed by atoms with E-state index < -0.39 is 0 Å². The van der Waals surface area contributed by atoms with Crippen LogP contribution in [0.2, 0.25) is 0 Å².